The highest BCUT2D eigenvalue weighted by Crippen LogP contribution is 2.08. The Morgan fingerprint density at radius 3 is 2.85 bits per heavy atom. The minimum Gasteiger partial charge on any atom is -0.379 e. The van der Waals surface area contributed by atoms with Crippen molar-refractivity contribution >= 4 is 5.96 Å². The molecule has 1 aromatic carbocycles. The molecule has 0 aliphatic carbocycles. The van der Waals surface area contributed by atoms with Crippen molar-refractivity contribution in [1.29, 1.82) is 0 Å². The number of ether oxygens (including phenoxy) is 2. The summed E-state index contributed by atoms with van der Waals surface area (Å²) in [6.07, 6.45) is 7.83. The molecule has 2 aromatic rings. The molecule has 1 aliphatic rings. The van der Waals surface area contributed by atoms with Gasteiger partial charge in [0.1, 0.15) is 0 Å². The van der Waals surface area contributed by atoms with Crippen molar-refractivity contribution in [1.82, 2.24) is 20.2 Å². The van der Waals surface area contributed by atoms with Gasteiger partial charge >= 0.3 is 0 Å². The first-order valence-electron chi connectivity index (χ1n) is 9.51. The summed E-state index contributed by atoms with van der Waals surface area (Å²) in [5.41, 5.74) is 2.48. The van der Waals surface area contributed by atoms with Crippen LogP contribution in [0.2, 0.25) is 0 Å². The molecule has 1 unspecified atom stereocenters. The number of hydrogen-bond acceptors (Lipinski definition) is 4. The van der Waals surface area contributed by atoms with Gasteiger partial charge < -0.3 is 24.7 Å². The molecule has 1 saturated heterocycles. The molecule has 1 atom stereocenters. The zero-order valence-corrected chi connectivity index (χ0v) is 15.9. The summed E-state index contributed by atoms with van der Waals surface area (Å²) >= 11 is 0. The zero-order valence-electron chi connectivity index (χ0n) is 15.9. The van der Waals surface area contributed by atoms with Crippen LogP contribution in [0.3, 0.4) is 0 Å². The SMILES string of the molecule is CN=C(NCCCOC1CCOC1)NCc1ccc(Cn2ccnc2)cc1. The molecule has 146 valence electrons. The number of imidazole rings is 1. The standard InChI is InChI=1S/C20H29N5O2/c1-21-20(23-8-2-11-27-19-7-12-26-15-19)24-13-17-3-5-18(6-4-17)14-25-10-9-22-16-25/h3-6,9-10,16,19H,2,7-8,11-15H2,1H3,(H2,21,23,24). The average molecular weight is 371 g/mol. The fourth-order valence-corrected chi connectivity index (χ4v) is 2.93. The number of nitrogens with zero attached hydrogens (tertiary/aromatic N) is 3. The van der Waals surface area contributed by atoms with Crippen LogP contribution in [0, 0.1) is 0 Å². The van der Waals surface area contributed by atoms with Gasteiger partial charge in [-0.3, -0.25) is 4.99 Å². The molecule has 27 heavy (non-hydrogen) atoms. The number of guanidine groups is 1. The third-order valence-corrected chi connectivity index (χ3v) is 4.49. The molecule has 2 heterocycles. The van der Waals surface area contributed by atoms with Gasteiger partial charge in [-0.1, -0.05) is 24.3 Å². The molecule has 2 N–H and O–H groups in total. The van der Waals surface area contributed by atoms with Crippen molar-refractivity contribution in [3.8, 4) is 0 Å². The van der Waals surface area contributed by atoms with E-state index in [1.165, 1.54) is 11.1 Å². The lowest BCUT2D eigenvalue weighted by Gasteiger charge is -2.13. The lowest BCUT2D eigenvalue weighted by Crippen LogP contribution is -2.37. The lowest BCUT2D eigenvalue weighted by molar-refractivity contribution is 0.0420. The summed E-state index contributed by atoms with van der Waals surface area (Å²) in [5, 5.41) is 6.67. The summed E-state index contributed by atoms with van der Waals surface area (Å²) in [5.74, 6) is 0.807. The van der Waals surface area contributed by atoms with Gasteiger partial charge in [-0.15, -0.1) is 0 Å². The van der Waals surface area contributed by atoms with Crippen molar-refractivity contribution < 1.29 is 9.47 Å². The summed E-state index contributed by atoms with van der Waals surface area (Å²) in [6, 6.07) is 8.59. The molecule has 0 saturated carbocycles. The van der Waals surface area contributed by atoms with E-state index in [9.17, 15) is 0 Å². The Morgan fingerprint density at radius 1 is 1.30 bits per heavy atom. The van der Waals surface area contributed by atoms with Crippen molar-refractivity contribution in [2.45, 2.75) is 32.0 Å². The monoisotopic (exact) mass is 371 g/mol. The lowest BCUT2D eigenvalue weighted by atomic mass is 10.1. The van der Waals surface area contributed by atoms with E-state index in [2.05, 4.69) is 49.4 Å². The Labute approximate surface area is 160 Å². The molecule has 0 amide bonds. The van der Waals surface area contributed by atoms with Crippen molar-refractivity contribution in [2.24, 2.45) is 4.99 Å². The molecular formula is C20H29N5O2. The second kappa shape index (κ2) is 10.7. The van der Waals surface area contributed by atoms with E-state index in [1.54, 1.807) is 13.2 Å². The Kier molecular flexibility index (Phi) is 7.68. The van der Waals surface area contributed by atoms with Crippen LogP contribution in [-0.2, 0) is 22.6 Å². The van der Waals surface area contributed by atoms with Gasteiger partial charge in [-0.05, 0) is 24.0 Å². The van der Waals surface area contributed by atoms with Crippen molar-refractivity contribution in [3.63, 3.8) is 0 Å². The molecule has 0 spiro atoms. The van der Waals surface area contributed by atoms with Gasteiger partial charge in [0.15, 0.2) is 5.96 Å². The Bertz CT molecular complexity index is 679. The molecule has 1 aromatic heterocycles. The third kappa shape index (κ3) is 6.69. The van der Waals surface area contributed by atoms with Gasteiger partial charge in [0.25, 0.3) is 0 Å². The van der Waals surface area contributed by atoms with Crippen LogP contribution in [-0.4, -0.2) is 55.0 Å². The van der Waals surface area contributed by atoms with E-state index < -0.39 is 0 Å². The fourth-order valence-electron chi connectivity index (χ4n) is 2.93. The van der Waals surface area contributed by atoms with Gasteiger partial charge in [-0.2, -0.15) is 0 Å². The number of rotatable bonds is 9. The average Bonchev–Trinajstić information content (AvgIpc) is 3.39. The van der Waals surface area contributed by atoms with Crippen LogP contribution in [0.4, 0.5) is 0 Å². The normalized spacial score (nSPS) is 17.2. The second-order valence-corrected chi connectivity index (χ2v) is 6.61. The quantitative estimate of drug-likeness (QED) is 0.399. The van der Waals surface area contributed by atoms with Crippen LogP contribution in [0.1, 0.15) is 24.0 Å². The molecular weight excluding hydrogens is 342 g/mol. The third-order valence-electron chi connectivity index (χ3n) is 4.49. The first-order chi connectivity index (χ1) is 13.3. The zero-order chi connectivity index (χ0) is 18.7. The molecule has 0 bridgehead atoms. The number of aromatic nitrogens is 2. The van der Waals surface area contributed by atoms with Gasteiger partial charge in [-0.25, -0.2) is 4.98 Å². The first-order valence-corrected chi connectivity index (χ1v) is 9.51. The van der Waals surface area contributed by atoms with Gasteiger partial charge in [0.2, 0.25) is 0 Å². The van der Waals surface area contributed by atoms with Crippen molar-refractivity contribution in [3.05, 3.63) is 54.1 Å². The van der Waals surface area contributed by atoms with E-state index >= 15 is 0 Å². The summed E-state index contributed by atoms with van der Waals surface area (Å²) < 4.78 is 13.1. The predicted molar refractivity (Wildman–Crippen MR) is 106 cm³/mol. The maximum absolute atomic E-state index is 5.77. The maximum Gasteiger partial charge on any atom is 0.191 e. The van der Waals surface area contributed by atoms with Crippen LogP contribution in [0.15, 0.2) is 48.0 Å². The number of benzene rings is 1. The molecule has 3 rings (SSSR count). The number of aliphatic imine (C=N–C) groups is 1. The molecule has 1 aliphatic heterocycles. The van der Waals surface area contributed by atoms with Crippen LogP contribution in [0.25, 0.3) is 0 Å². The maximum atomic E-state index is 5.77. The van der Waals surface area contributed by atoms with E-state index in [1.807, 2.05) is 12.5 Å². The smallest absolute Gasteiger partial charge is 0.191 e. The Morgan fingerprint density at radius 2 is 2.15 bits per heavy atom. The second-order valence-electron chi connectivity index (χ2n) is 6.61. The van der Waals surface area contributed by atoms with E-state index in [0.29, 0.717) is 0 Å². The number of hydrogen-bond donors (Lipinski definition) is 2. The van der Waals surface area contributed by atoms with Crippen molar-refractivity contribution in [2.75, 3.05) is 33.4 Å². The minimum atomic E-state index is 0.277. The summed E-state index contributed by atoms with van der Waals surface area (Å²) in [7, 11) is 1.79. The molecule has 7 nitrogen and oxygen atoms in total. The highest BCUT2D eigenvalue weighted by Gasteiger charge is 2.15. The molecule has 1 fully saturated rings. The van der Waals surface area contributed by atoms with E-state index in [-0.39, 0.29) is 6.10 Å². The Balaban J connectivity index is 1.32. The summed E-state index contributed by atoms with van der Waals surface area (Å²) in [4.78, 5) is 8.34. The van der Waals surface area contributed by atoms with E-state index in [4.69, 9.17) is 9.47 Å². The van der Waals surface area contributed by atoms with Crippen LogP contribution in [0.5, 0.6) is 0 Å². The fraction of sp³-hybridized carbons (Fsp3) is 0.500. The van der Waals surface area contributed by atoms with Gasteiger partial charge in [0, 0.05) is 52.3 Å². The molecule has 0 radical (unpaired) electrons. The van der Waals surface area contributed by atoms with Crippen LogP contribution < -0.4 is 10.6 Å². The van der Waals surface area contributed by atoms with Crippen LogP contribution >= 0.6 is 0 Å². The van der Waals surface area contributed by atoms with Gasteiger partial charge in [0.05, 0.1) is 19.0 Å². The molecule has 7 heteroatoms. The predicted octanol–water partition coefficient (Wildman–Crippen LogP) is 1.79. The minimum absolute atomic E-state index is 0.277. The Hall–Kier alpha value is -2.38. The van der Waals surface area contributed by atoms with E-state index in [0.717, 1.165) is 58.3 Å². The first kappa shape index (κ1) is 19.4. The largest absolute Gasteiger partial charge is 0.379 e. The highest BCUT2D eigenvalue weighted by atomic mass is 16.5. The number of nitrogens with one attached hydrogen (secondary N) is 2. The highest BCUT2D eigenvalue weighted by molar-refractivity contribution is 5.79. The topological polar surface area (TPSA) is 72.7 Å². The summed E-state index contributed by atoms with van der Waals surface area (Å²) in [6.45, 7) is 4.71.